The standard InChI is InChI=1S/C21H29N5O2/c1-20(2)10-14(11-21(3,4)25-20)22-19(28)13-9-17(27)26(12-13)18-15-7-5-6-8-16(15)23-24-18/h5-8,13-14,25H,9-12H2,1-4H3,(H,22,28)(H,23,24)/t13-/m1/s1. The first-order chi connectivity index (χ1) is 13.1. The van der Waals surface area contributed by atoms with Crippen molar-refractivity contribution in [2.24, 2.45) is 5.92 Å². The van der Waals surface area contributed by atoms with E-state index >= 15 is 0 Å². The molecule has 0 unspecified atom stereocenters. The van der Waals surface area contributed by atoms with Gasteiger partial charge in [0, 0.05) is 35.5 Å². The lowest BCUT2D eigenvalue weighted by molar-refractivity contribution is -0.127. The number of hydrogen-bond donors (Lipinski definition) is 3. The molecule has 2 fully saturated rings. The summed E-state index contributed by atoms with van der Waals surface area (Å²) in [4.78, 5) is 27.2. The molecule has 150 valence electrons. The fourth-order valence-electron chi connectivity index (χ4n) is 4.99. The number of piperidine rings is 1. The van der Waals surface area contributed by atoms with E-state index in [-0.39, 0.29) is 41.3 Å². The lowest BCUT2D eigenvalue weighted by atomic mass is 9.79. The number of para-hydroxylation sites is 1. The van der Waals surface area contributed by atoms with Gasteiger partial charge < -0.3 is 10.6 Å². The molecule has 1 aromatic heterocycles. The maximum Gasteiger partial charge on any atom is 0.229 e. The van der Waals surface area contributed by atoms with Crippen molar-refractivity contribution in [3.05, 3.63) is 24.3 Å². The van der Waals surface area contributed by atoms with Crippen molar-refractivity contribution < 1.29 is 9.59 Å². The molecule has 0 spiro atoms. The average molecular weight is 383 g/mol. The molecule has 1 atom stereocenters. The molecule has 7 nitrogen and oxygen atoms in total. The van der Waals surface area contributed by atoms with Gasteiger partial charge in [-0.3, -0.25) is 19.6 Å². The zero-order valence-electron chi connectivity index (χ0n) is 17.0. The van der Waals surface area contributed by atoms with E-state index in [0.717, 1.165) is 23.7 Å². The third kappa shape index (κ3) is 3.63. The predicted octanol–water partition coefficient (Wildman–Crippen LogP) is 2.34. The summed E-state index contributed by atoms with van der Waals surface area (Å²) in [5.74, 6) is 0.182. The number of aromatic nitrogens is 2. The largest absolute Gasteiger partial charge is 0.353 e. The molecule has 7 heteroatoms. The highest BCUT2D eigenvalue weighted by Gasteiger charge is 2.41. The molecule has 2 aliphatic heterocycles. The molecule has 0 aliphatic carbocycles. The Morgan fingerprint density at radius 2 is 1.86 bits per heavy atom. The van der Waals surface area contributed by atoms with Crippen LogP contribution in [0.25, 0.3) is 10.9 Å². The number of aromatic amines is 1. The molecular formula is C21H29N5O2. The summed E-state index contributed by atoms with van der Waals surface area (Å²) in [6.45, 7) is 9.03. The van der Waals surface area contributed by atoms with E-state index in [0.29, 0.717) is 12.4 Å². The van der Waals surface area contributed by atoms with Crippen molar-refractivity contribution in [2.75, 3.05) is 11.4 Å². The monoisotopic (exact) mass is 383 g/mol. The summed E-state index contributed by atoms with van der Waals surface area (Å²) in [6.07, 6.45) is 1.97. The quantitative estimate of drug-likeness (QED) is 0.759. The van der Waals surface area contributed by atoms with E-state index in [1.165, 1.54) is 0 Å². The Kier molecular flexibility index (Phi) is 4.45. The van der Waals surface area contributed by atoms with E-state index in [4.69, 9.17) is 0 Å². The Balaban J connectivity index is 1.46. The van der Waals surface area contributed by atoms with E-state index in [1.807, 2.05) is 24.3 Å². The number of carbonyl (C=O) groups excluding carboxylic acids is 2. The van der Waals surface area contributed by atoms with Gasteiger partial charge in [0.25, 0.3) is 0 Å². The van der Waals surface area contributed by atoms with Crippen LogP contribution in [0.4, 0.5) is 5.82 Å². The van der Waals surface area contributed by atoms with E-state index in [1.54, 1.807) is 4.90 Å². The van der Waals surface area contributed by atoms with Crippen molar-refractivity contribution >= 4 is 28.5 Å². The van der Waals surface area contributed by atoms with E-state index < -0.39 is 0 Å². The van der Waals surface area contributed by atoms with Gasteiger partial charge >= 0.3 is 0 Å². The molecular weight excluding hydrogens is 354 g/mol. The van der Waals surface area contributed by atoms with E-state index in [2.05, 4.69) is 48.5 Å². The highest BCUT2D eigenvalue weighted by molar-refractivity contribution is 6.05. The van der Waals surface area contributed by atoms with Crippen LogP contribution in [0.5, 0.6) is 0 Å². The lowest BCUT2D eigenvalue weighted by Gasteiger charge is -2.46. The Labute approximate surface area is 165 Å². The minimum Gasteiger partial charge on any atom is -0.353 e. The molecule has 0 radical (unpaired) electrons. The van der Waals surface area contributed by atoms with Gasteiger partial charge in [-0.05, 0) is 52.7 Å². The first kappa shape index (κ1) is 18.9. The molecule has 2 saturated heterocycles. The third-order valence-electron chi connectivity index (χ3n) is 5.74. The minimum atomic E-state index is -0.343. The number of nitrogens with one attached hydrogen (secondary N) is 3. The van der Waals surface area contributed by atoms with Crippen molar-refractivity contribution in [3.8, 4) is 0 Å². The molecule has 4 rings (SSSR count). The Morgan fingerprint density at radius 3 is 2.57 bits per heavy atom. The normalized spacial score (nSPS) is 24.6. The number of carbonyl (C=O) groups is 2. The molecule has 0 bridgehead atoms. The number of H-pyrrole nitrogens is 1. The van der Waals surface area contributed by atoms with Crippen molar-refractivity contribution in [3.63, 3.8) is 0 Å². The fraction of sp³-hybridized carbons (Fsp3) is 0.571. The maximum atomic E-state index is 12.9. The molecule has 1 aromatic carbocycles. The van der Waals surface area contributed by atoms with Gasteiger partial charge in [0.05, 0.1) is 11.4 Å². The van der Waals surface area contributed by atoms with Crippen LogP contribution in [0.1, 0.15) is 47.0 Å². The van der Waals surface area contributed by atoms with Gasteiger partial charge in [-0.1, -0.05) is 12.1 Å². The molecule has 2 aromatic rings. The SMILES string of the molecule is CC1(C)CC(NC(=O)[C@@H]2CC(=O)N(c3n[nH]c4ccccc34)C2)CC(C)(C)N1. The van der Waals surface area contributed by atoms with Crippen LogP contribution < -0.4 is 15.5 Å². The van der Waals surface area contributed by atoms with Gasteiger partial charge in [-0.15, -0.1) is 0 Å². The zero-order valence-corrected chi connectivity index (χ0v) is 17.0. The van der Waals surface area contributed by atoms with Crippen molar-refractivity contribution in [1.82, 2.24) is 20.8 Å². The van der Waals surface area contributed by atoms with Crippen LogP contribution in [0.15, 0.2) is 24.3 Å². The maximum absolute atomic E-state index is 12.9. The number of amides is 2. The Morgan fingerprint density at radius 1 is 1.18 bits per heavy atom. The molecule has 3 heterocycles. The zero-order chi connectivity index (χ0) is 20.1. The summed E-state index contributed by atoms with van der Waals surface area (Å²) in [5, 5.41) is 15.0. The summed E-state index contributed by atoms with van der Waals surface area (Å²) in [5.41, 5.74) is 0.813. The van der Waals surface area contributed by atoms with Crippen LogP contribution in [0, 0.1) is 5.92 Å². The van der Waals surface area contributed by atoms with E-state index in [9.17, 15) is 9.59 Å². The van der Waals surface area contributed by atoms with Crippen LogP contribution in [-0.4, -0.2) is 45.7 Å². The highest BCUT2D eigenvalue weighted by atomic mass is 16.2. The Hall–Kier alpha value is -2.41. The highest BCUT2D eigenvalue weighted by Crippen LogP contribution is 2.31. The summed E-state index contributed by atoms with van der Waals surface area (Å²) in [6, 6.07) is 7.82. The second-order valence-electron chi connectivity index (χ2n) is 9.50. The van der Waals surface area contributed by atoms with Crippen LogP contribution in [0.3, 0.4) is 0 Å². The van der Waals surface area contributed by atoms with Gasteiger partial charge in [0.1, 0.15) is 0 Å². The number of fused-ring (bicyclic) bond motifs is 1. The van der Waals surface area contributed by atoms with Gasteiger partial charge in [-0.25, -0.2) is 0 Å². The summed E-state index contributed by atoms with van der Waals surface area (Å²) >= 11 is 0. The molecule has 28 heavy (non-hydrogen) atoms. The average Bonchev–Trinajstić information content (AvgIpc) is 3.15. The van der Waals surface area contributed by atoms with Gasteiger partial charge in [0.2, 0.25) is 11.8 Å². The summed E-state index contributed by atoms with van der Waals surface area (Å²) < 4.78 is 0. The predicted molar refractivity (Wildman–Crippen MR) is 109 cm³/mol. The topological polar surface area (TPSA) is 90.1 Å². The second kappa shape index (κ2) is 6.58. The first-order valence-corrected chi connectivity index (χ1v) is 9.97. The number of hydrogen-bond acceptors (Lipinski definition) is 4. The lowest BCUT2D eigenvalue weighted by Crippen LogP contribution is -2.62. The fourth-order valence-corrected chi connectivity index (χ4v) is 4.99. The van der Waals surface area contributed by atoms with Crippen LogP contribution in [-0.2, 0) is 9.59 Å². The van der Waals surface area contributed by atoms with Crippen LogP contribution in [0.2, 0.25) is 0 Å². The molecule has 0 saturated carbocycles. The van der Waals surface area contributed by atoms with Crippen LogP contribution >= 0.6 is 0 Å². The summed E-state index contributed by atoms with van der Waals surface area (Å²) in [7, 11) is 0. The number of benzene rings is 1. The van der Waals surface area contributed by atoms with Gasteiger partial charge in [0.15, 0.2) is 5.82 Å². The number of anilines is 1. The van der Waals surface area contributed by atoms with Crippen molar-refractivity contribution in [2.45, 2.75) is 64.1 Å². The first-order valence-electron chi connectivity index (χ1n) is 9.97. The Bertz CT molecular complexity index is 900. The van der Waals surface area contributed by atoms with Gasteiger partial charge in [-0.2, -0.15) is 5.10 Å². The third-order valence-corrected chi connectivity index (χ3v) is 5.74. The molecule has 2 aliphatic rings. The van der Waals surface area contributed by atoms with Crippen molar-refractivity contribution in [1.29, 1.82) is 0 Å². The number of rotatable bonds is 3. The minimum absolute atomic E-state index is 0.0332. The number of nitrogens with zero attached hydrogens (tertiary/aromatic N) is 2. The molecule has 2 amide bonds. The smallest absolute Gasteiger partial charge is 0.229 e. The second-order valence-corrected chi connectivity index (χ2v) is 9.50. The molecule has 3 N–H and O–H groups in total.